The second-order valence-corrected chi connectivity index (χ2v) is 6.22. The summed E-state index contributed by atoms with van der Waals surface area (Å²) in [4.78, 5) is 12.8. The molecule has 1 fully saturated rings. The highest BCUT2D eigenvalue weighted by molar-refractivity contribution is 7.13. The van der Waals surface area contributed by atoms with Gasteiger partial charge in [-0.2, -0.15) is 0 Å². The van der Waals surface area contributed by atoms with Crippen molar-refractivity contribution in [1.29, 1.82) is 0 Å². The minimum absolute atomic E-state index is 0.228. The number of rotatable bonds is 5. The van der Waals surface area contributed by atoms with E-state index in [4.69, 9.17) is 0 Å². The zero-order chi connectivity index (χ0) is 13.8. The van der Waals surface area contributed by atoms with E-state index in [1.54, 1.807) is 6.07 Å². The van der Waals surface area contributed by atoms with E-state index in [0.29, 0.717) is 12.1 Å². The van der Waals surface area contributed by atoms with Crippen LogP contribution in [0.25, 0.3) is 0 Å². The summed E-state index contributed by atoms with van der Waals surface area (Å²) >= 11 is 1.20. The highest BCUT2D eigenvalue weighted by atomic mass is 32.1. The van der Waals surface area contributed by atoms with Crippen LogP contribution in [-0.2, 0) is 6.54 Å². The molecule has 2 rings (SSSR count). The molecule has 1 aromatic heterocycles. The zero-order valence-corrected chi connectivity index (χ0v) is 12.3. The molecule has 0 saturated carbocycles. The molecule has 1 aromatic rings. The molecule has 0 unspecified atom stereocenters. The lowest BCUT2D eigenvalue weighted by Crippen LogP contribution is -2.44. The first-order valence-corrected chi connectivity index (χ1v) is 7.63. The third-order valence-corrected chi connectivity index (χ3v) is 4.60. The summed E-state index contributed by atoms with van der Waals surface area (Å²) in [5, 5.41) is 16.2. The first-order chi connectivity index (χ1) is 9.06. The summed E-state index contributed by atoms with van der Waals surface area (Å²) in [6, 6.07) is 2.83. The number of thiophene rings is 1. The lowest BCUT2D eigenvalue weighted by atomic mass is 10.0. The molecule has 106 valence electrons. The average molecular weight is 283 g/mol. The monoisotopic (exact) mass is 283 g/mol. The predicted octanol–water partition coefficient (Wildman–Crippen LogP) is 2.62. The summed E-state index contributed by atoms with van der Waals surface area (Å²) in [5.74, 6) is 0. The Labute approximate surface area is 117 Å². The molecule has 0 spiro atoms. The van der Waals surface area contributed by atoms with Crippen LogP contribution < -0.4 is 5.32 Å². The normalized spacial score (nSPS) is 18.1. The third kappa shape index (κ3) is 3.99. The smallest absolute Gasteiger partial charge is 0.310 e. The Morgan fingerprint density at radius 2 is 2.21 bits per heavy atom. The molecule has 0 atom stereocenters. The lowest BCUT2D eigenvalue weighted by molar-refractivity contribution is -0.380. The number of hydrogen-bond donors (Lipinski definition) is 1. The molecule has 0 aromatic carbocycles. The number of nitro groups is 1. The standard InChI is InChI=1S/C13H21N3O2S/c1-10(2)15-5-3-12(4-6-15)14-8-11-7-13(16(17)18)19-9-11/h7,9-10,12,14H,3-6,8H2,1-2H3. The van der Waals surface area contributed by atoms with Gasteiger partial charge in [0.15, 0.2) is 0 Å². The second-order valence-electron chi connectivity index (χ2n) is 5.34. The Morgan fingerprint density at radius 3 is 2.74 bits per heavy atom. The lowest BCUT2D eigenvalue weighted by Gasteiger charge is -2.34. The summed E-state index contributed by atoms with van der Waals surface area (Å²) in [6.45, 7) is 7.48. The molecular formula is C13H21N3O2S. The zero-order valence-electron chi connectivity index (χ0n) is 11.5. The molecule has 6 heteroatoms. The minimum Gasteiger partial charge on any atom is -0.310 e. The summed E-state index contributed by atoms with van der Waals surface area (Å²) in [6.07, 6.45) is 2.31. The molecule has 0 radical (unpaired) electrons. The van der Waals surface area contributed by atoms with Gasteiger partial charge in [-0.3, -0.25) is 10.1 Å². The highest BCUT2D eigenvalue weighted by Gasteiger charge is 2.20. The number of hydrogen-bond acceptors (Lipinski definition) is 5. The van der Waals surface area contributed by atoms with E-state index < -0.39 is 0 Å². The van der Waals surface area contributed by atoms with Crippen molar-refractivity contribution < 1.29 is 4.92 Å². The minimum atomic E-state index is -0.324. The van der Waals surface area contributed by atoms with E-state index in [2.05, 4.69) is 24.1 Å². The van der Waals surface area contributed by atoms with E-state index >= 15 is 0 Å². The van der Waals surface area contributed by atoms with Crippen molar-refractivity contribution in [3.05, 3.63) is 27.1 Å². The second kappa shape index (κ2) is 6.45. The van der Waals surface area contributed by atoms with E-state index in [-0.39, 0.29) is 9.92 Å². The first kappa shape index (κ1) is 14.4. The van der Waals surface area contributed by atoms with Crippen LogP contribution in [0, 0.1) is 10.1 Å². The van der Waals surface area contributed by atoms with Crippen LogP contribution in [0.2, 0.25) is 0 Å². The third-order valence-electron chi connectivity index (χ3n) is 3.67. The molecule has 0 aliphatic carbocycles. The predicted molar refractivity (Wildman–Crippen MR) is 77.5 cm³/mol. The van der Waals surface area contributed by atoms with Crippen molar-refractivity contribution in [2.75, 3.05) is 13.1 Å². The van der Waals surface area contributed by atoms with Gasteiger partial charge in [-0.15, -0.1) is 0 Å². The van der Waals surface area contributed by atoms with Gasteiger partial charge >= 0.3 is 5.00 Å². The Kier molecular flexibility index (Phi) is 4.90. The van der Waals surface area contributed by atoms with Crippen LogP contribution in [0.3, 0.4) is 0 Å². The number of nitrogens with zero attached hydrogens (tertiary/aromatic N) is 2. The molecular weight excluding hydrogens is 262 g/mol. The first-order valence-electron chi connectivity index (χ1n) is 6.75. The largest absolute Gasteiger partial charge is 0.324 e. The Hall–Kier alpha value is -0.980. The maximum absolute atomic E-state index is 10.6. The molecule has 1 aliphatic heterocycles. The molecule has 0 amide bonds. The number of nitrogens with one attached hydrogen (secondary N) is 1. The number of piperidine rings is 1. The van der Waals surface area contributed by atoms with Gasteiger partial charge in [0.05, 0.1) is 4.92 Å². The maximum atomic E-state index is 10.6. The van der Waals surface area contributed by atoms with Gasteiger partial charge in [-0.05, 0) is 45.3 Å². The molecule has 1 N–H and O–H groups in total. The van der Waals surface area contributed by atoms with Crippen molar-refractivity contribution in [1.82, 2.24) is 10.2 Å². The van der Waals surface area contributed by atoms with Crippen molar-refractivity contribution in [2.45, 2.75) is 45.3 Å². The number of likely N-dealkylation sites (tertiary alicyclic amines) is 1. The van der Waals surface area contributed by atoms with Crippen LogP contribution in [-0.4, -0.2) is 35.0 Å². The van der Waals surface area contributed by atoms with E-state index in [1.165, 1.54) is 11.3 Å². The highest BCUT2D eigenvalue weighted by Crippen LogP contribution is 2.22. The van der Waals surface area contributed by atoms with Gasteiger partial charge in [0.2, 0.25) is 0 Å². The van der Waals surface area contributed by atoms with Crippen LogP contribution >= 0.6 is 11.3 Å². The van der Waals surface area contributed by atoms with Crippen LogP contribution in [0.15, 0.2) is 11.4 Å². The maximum Gasteiger partial charge on any atom is 0.324 e. The van der Waals surface area contributed by atoms with E-state index in [9.17, 15) is 10.1 Å². The fourth-order valence-corrected chi connectivity index (χ4v) is 3.16. The molecule has 1 aliphatic rings. The summed E-state index contributed by atoms with van der Waals surface area (Å²) in [7, 11) is 0. The quantitative estimate of drug-likeness (QED) is 0.666. The molecule has 2 heterocycles. The van der Waals surface area contributed by atoms with Gasteiger partial charge in [-0.25, -0.2) is 0 Å². The molecule has 1 saturated heterocycles. The van der Waals surface area contributed by atoms with Crippen molar-refractivity contribution >= 4 is 16.3 Å². The summed E-state index contributed by atoms with van der Waals surface area (Å²) < 4.78 is 0. The van der Waals surface area contributed by atoms with Gasteiger partial charge in [0, 0.05) is 30.1 Å². The van der Waals surface area contributed by atoms with Crippen molar-refractivity contribution in [3.63, 3.8) is 0 Å². The topological polar surface area (TPSA) is 58.4 Å². The van der Waals surface area contributed by atoms with Gasteiger partial charge < -0.3 is 10.2 Å². The Bertz CT molecular complexity index is 425. The van der Waals surface area contributed by atoms with E-state index in [1.807, 2.05) is 5.38 Å². The molecule has 5 nitrogen and oxygen atoms in total. The van der Waals surface area contributed by atoms with Crippen molar-refractivity contribution in [2.24, 2.45) is 0 Å². The summed E-state index contributed by atoms with van der Waals surface area (Å²) in [5.41, 5.74) is 1.02. The SMILES string of the molecule is CC(C)N1CCC(NCc2csc([N+](=O)[O-])c2)CC1. The van der Waals surface area contributed by atoms with Crippen LogP contribution in [0.1, 0.15) is 32.3 Å². The van der Waals surface area contributed by atoms with Gasteiger partial charge in [0.25, 0.3) is 0 Å². The van der Waals surface area contributed by atoms with Gasteiger partial charge in [0.1, 0.15) is 0 Å². The molecule has 0 bridgehead atoms. The fraction of sp³-hybridized carbons (Fsp3) is 0.692. The van der Waals surface area contributed by atoms with E-state index in [0.717, 1.165) is 38.0 Å². The van der Waals surface area contributed by atoms with Crippen LogP contribution in [0.4, 0.5) is 5.00 Å². The Morgan fingerprint density at radius 1 is 1.53 bits per heavy atom. The van der Waals surface area contributed by atoms with Crippen molar-refractivity contribution in [3.8, 4) is 0 Å². The Balaban J connectivity index is 1.75. The molecule has 19 heavy (non-hydrogen) atoms. The van der Waals surface area contributed by atoms with Crippen LogP contribution in [0.5, 0.6) is 0 Å². The fourth-order valence-electron chi connectivity index (χ4n) is 2.43. The van der Waals surface area contributed by atoms with Gasteiger partial charge in [-0.1, -0.05) is 11.3 Å². The average Bonchev–Trinajstić information content (AvgIpc) is 2.86.